The maximum atomic E-state index is 13.9. The van der Waals surface area contributed by atoms with Crippen LogP contribution in [0.1, 0.15) is 20.3 Å². The van der Waals surface area contributed by atoms with Crippen LogP contribution in [0.5, 0.6) is 0 Å². The lowest BCUT2D eigenvalue weighted by atomic mass is 10.1. The molecule has 34 heavy (non-hydrogen) atoms. The van der Waals surface area contributed by atoms with Crippen molar-refractivity contribution in [3.05, 3.63) is 109 Å². The predicted octanol–water partition coefficient (Wildman–Crippen LogP) is 5.43. The molecule has 0 bridgehead atoms. The number of hydrogen-bond donors (Lipinski definition) is 1. The van der Waals surface area contributed by atoms with Crippen LogP contribution in [0.4, 0.5) is 5.69 Å². The summed E-state index contributed by atoms with van der Waals surface area (Å²) in [5.41, 5.74) is 3.98. The number of aromatic nitrogens is 2. The molecule has 174 valence electrons. The molecule has 0 aliphatic rings. The van der Waals surface area contributed by atoms with Crippen molar-refractivity contribution in [3.63, 3.8) is 0 Å². The van der Waals surface area contributed by atoms with E-state index in [1.165, 1.54) is 4.57 Å². The van der Waals surface area contributed by atoms with Crippen LogP contribution in [-0.2, 0) is 6.54 Å². The third-order valence-electron chi connectivity index (χ3n) is 5.42. The highest BCUT2D eigenvalue weighted by Crippen LogP contribution is 2.27. The van der Waals surface area contributed by atoms with Crippen LogP contribution in [-0.4, -0.2) is 9.13 Å². The number of rotatable bonds is 6. The van der Waals surface area contributed by atoms with Crippen LogP contribution in [0.2, 0.25) is 10.0 Å². The second-order valence-electron chi connectivity index (χ2n) is 8.31. The van der Waals surface area contributed by atoms with Crippen molar-refractivity contribution in [2.45, 2.75) is 26.8 Å². The van der Waals surface area contributed by atoms with E-state index in [1.807, 2.05) is 36.4 Å². The van der Waals surface area contributed by atoms with Gasteiger partial charge in [0.1, 0.15) is 0 Å². The first-order chi connectivity index (χ1) is 16.4. The van der Waals surface area contributed by atoms with Crippen LogP contribution in [0.25, 0.3) is 16.7 Å². The minimum absolute atomic E-state index is 0.236. The number of nitrogens with one attached hydrogen (secondary N) is 1. The molecular weight excluding hydrogens is 471 g/mol. The van der Waals surface area contributed by atoms with Gasteiger partial charge in [0.05, 0.1) is 26.8 Å². The van der Waals surface area contributed by atoms with Crippen molar-refractivity contribution < 1.29 is 0 Å². The summed E-state index contributed by atoms with van der Waals surface area (Å²) in [6, 6.07) is 21.5. The molecule has 0 saturated heterocycles. The first-order valence-corrected chi connectivity index (χ1v) is 11.7. The summed E-state index contributed by atoms with van der Waals surface area (Å²) in [5, 5.41) is 4.62. The van der Waals surface area contributed by atoms with E-state index in [-0.39, 0.29) is 10.4 Å². The molecule has 1 aromatic heterocycles. The number of para-hydroxylation sites is 2. The summed E-state index contributed by atoms with van der Waals surface area (Å²) in [5.74, 6) is 0.339. The van der Waals surface area contributed by atoms with Gasteiger partial charge in [-0.2, -0.15) is 5.10 Å². The van der Waals surface area contributed by atoms with Gasteiger partial charge in [0.2, 0.25) is 5.36 Å². The molecular formula is C26H24Cl2N4O2. The third-order valence-corrected chi connectivity index (χ3v) is 6.14. The summed E-state index contributed by atoms with van der Waals surface area (Å²) < 4.78 is 3.01. The van der Waals surface area contributed by atoms with Crippen molar-refractivity contribution in [2.24, 2.45) is 11.0 Å². The van der Waals surface area contributed by atoms with Gasteiger partial charge in [-0.25, -0.2) is 0 Å². The molecule has 0 fully saturated rings. The van der Waals surface area contributed by atoms with Gasteiger partial charge in [0.25, 0.3) is 11.1 Å². The van der Waals surface area contributed by atoms with Crippen molar-refractivity contribution in [1.82, 2.24) is 9.13 Å². The van der Waals surface area contributed by atoms with Gasteiger partial charge >= 0.3 is 0 Å². The van der Waals surface area contributed by atoms with Crippen molar-refractivity contribution in [3.8, 4) is 5.69 Å². The van der Waals surface area contributed by atoms with Crippen LogP contribution in [0.3, 0.4) is 0 Å². The highest BCUT2D eigenvalue weighted by molar-refractivity contribution is 6.42. The topological polar surface area (TPSA) is 68.4 Å². The molecule has 1 heterocycles. The molecule has 0 atom stereocenters. The van der Waals surface area contributed by atoms with Crippen LogP contribution in [0, 0.1) is 5.92 Å². The van der Waals surface area contributed by atoms with E-state index in [9.17, 15) is 9.59 Å². The van der Waals surface area contributed by atoms with Crippen molar-refractivity contribution in [2.75, 3.05) is 5.43 Å². The molecule has 1 N–H and O–H groups in total. The molecule has 4 aromatic rings. The van der Waals surface area contributed by atoms with E-state index in [1.54, 1.807) is 41.0 Å². The van der Waals surface area contributed by atoms with E-state index in [0.29, 0.717) is 39.9 Å². The van der Waals surface area contributed by atoms with E-state index in [4.69, 9.17) is 23.2 Å². The highest BCUT2D eigenvalue weighted by Gasteiger charge is 2.16. The first kappa shape index (κ1) is 23.8. The van der Waals surface area contributed by atoms with Gasteiger partial charge in [0, 0.05) is 12.2 Å². The summed E-state index contributed by atoms with van der Waals surface area (Å²) in [6.07, 6.45) is 0.727. The second kappa shape index (κ2) is 10.3. The molecule has 8 heteroatoms. The molecule has 0 aliphatic carbocycles. The fourth-order valence-electron chi connectivity index (χ4n) is 3.64. The average molecular weight is 495 g/mol. The number of halogens is 2. The number of hydrogen-bond acceptors (Lipinski definition) is 4. The van der Waals surface area contributed by atoms with Gasteiger partial charge in [-0.3, -0.25) is 19.6 Å². The fourth-order valence-corrected chi connectivity index (χ4v) is 3.95. The SMILES string of the molecule is CC(C)CCn1c(=O)/c(=N/Nc2ccccc2)c(=O)n(-c2ccccc2)c2cc(Cl)c(Cl)cc21. The Morgan fingerprint density at radius 2 is 1.44 bits per heavy atom. The van der Waals surface area contributed by atoms with Gasteiger partial charge < -0.3 is 4.57 Å². The number of aryl methyl sites for hydroxylation is 1. The molecule has 0 amide bonds. The van der Waals surface area contributed by atoms with Gasteiger partial charge in [0.15, 0.2) is 0 Å². The molecule has 3 aromatic carbocycles. The van der Waals surface area contributed by atoms with E-state index < -0.39 is 11.1 Å². The maximum absolute atomic E-state index is 13.9. The standard InChI is InChI=1S/C26H24Cl2N4O2/c1-17(2)13-14-31-22-15-20(27)21(28)16-23(22)32(19-11-7-4-8-12-19)26(34)24(25(31)33)30-29-18-9-5-3-6-10-18/h3-12,15-17,29H,13-14H2,1-2H3/b30-24-. The summed E-state index contributed by atoms with van der Waals surface area (Å²) in [7, 11) is 0. The Labute approximate surface area is 206 Å². The second-order valence-corrected chi connectivity index (χ2v) is 9.12. The van der Waals surface area contributed by atoms with Gasteiger partial charge in [-0.15, -0.1) is 0 Å². The molecule has 6 nitrogen and oxygen atoms in total. The van der Waals surface area contributed by atoms with Crippen LogP contribution >= 0.6 is 23.2 Å². The Morgan fingerprint density at radius 3 is 2.06 bits per heavy atom. The monoisotopic (exact) mass is 494 g/mol. The quantitative estimate of drug-likeness (QED) is 0.363. The molecule has 4 rings (SSSR count). The molecule has 0 aliphatic heterocycles. The Bertz CT molecular complexity index is 1510. The smallest absolute Gasteiger partial charge is 0.289 e. The van der Waals surface area contributed by atoms with Crippen LogP contribution < -0.4 is 21.9 Å². The summed E-state index contributed by atoms with van der Waals surface area (Å²) in [6.45, 7) is 4.54. The van der Waals surface area contributed by atoms with Crippen molar-refractivity contribution >= 4 is 39.9 Å². The normalized spacial score (nSPS) is 11.9. The van der Waals surface area contributed by atoms with E-state index in [0.717, 1.165) is 6.42 Å². The molecule has 0 radical (unpaired) electrons. The molecule has 0 unspecified atom stereocenters. The summed E-state index contributed by atoms with van der Waals surface area (Å²) in [4.78, 5) is 27.6. The van der Waals surface area contributed by atoms with Gasteiger partial charge in [-0.05, 0) is 48.7 Å². The van der Waals surface area contributed by atoms with Crippen LogP contribution in [0.15, 0.2) is 87.5 Å². The lowest BCUT2D eigenvalue weighted by Crippen LogP contribution is -2.45. The fraction of sp³-hybridized carbons (Fsp3) is 0.192. The zero-order chi connectivity index (χ0) is 24.2. The van der Waals surface area contributed by atoms with Gasteiger partial charge in [-0.1, -0.05) is 73.4 Å². The number of fused-ring (bicyclic) bond motifs is 1. The highest BCUT2D eigenvalue weighted by atomic mass is 35.5. The maximum Gasteiger partial charge on any atom is 0.289 e. The number of benzene rings is 3. The minimum atomic E-state index is -0.564. The zero-order valence-corrected chi connectivity index (χ0v) is 20.3. The third kappa shape index (κ3) is 4.93. The van der Waals surface area contributed by atoms with Crippen molar-refractivity contribution in [1.29, 1.82) is 0 Å². The number of nitrogens with zero attached hydrogens (tertiary/aromatic N) is 3. The Kier molecular flexibility index (Phi) is 7.20. The zero-order valence-electron chi connectivity index (χ0n) is 18.8. The Hall–Kier alpha value is -3.35. The Morgan fingerprint density at radius 1 is 0.853 bits per heavy atom. The first-order valence-electron chi connectivity index (χ1n) is 11.0. The molecule has 0 saturated carbocycles. The summed E-state index contributed by atoms with van der Waals surface area (Å²) >= 11 is 12.7. The lowest BCUT2D eigenvalue weighted by Gasteiger charge is -2.12. The average Bonchev–Trinajstić information content (AvgIpc) is 2.90. The van der Waals surface area contributed by atoms with E-state index >= 15 is 0 Å². The minimum Gasteiger partial charge on any atom is -0.305 e. The molecule has 0 spiro atoms. The largest absolute Gasteiger partial charge is 0.305 e. The Balaban J connectivity index is 2.17. The van der Waals surface area contributed by atoms with E-state index in [2.05, 4.69) is 24.4 Å². The lowest BCUT2D eigenvalue weighted by molar-refractivity contribution is 0.516. The predicted molar refractivity (Wildman–Crippen MR) is 139 cm³/mol. The number of anilines is 1.